The minimum Gasteiger partial charge on any atom is -0.483 e. The van der Waals surface area contributed by atoms with E-state index in [1.165, 1.54) is 0 Å². The smallest absolute Gasteiger partial charge is 0.258 e. The van der Waals surface area contributed by atoms with Crippen molar-refractivity contribution in [1.82, 2.24) is 10.6 Å². The standard InChI is InChI=1S/C24H23BrN2O3/c1-17(19-11-13-20(25)14-12-19)27-23(28)16-30-22-10-6-5-9-21(22)24(29)26-15-18-7-3-2-4-8-18/h2-14,17H,15-16H2,1H3,(H,26,29)(H,27,28)/t17-/m1/s1. The number of hydrogen-bond acceptors (Lipinski definition) is 3. The molecule has 3 rings (SSSR count). The number of rotatable bonds is 8. The van der Waals surface area contributed by atoms with Crippen LogP contribution in [0.1, 0.15) is 34.5 Å². The van der Waals surface area contributed by atoms with Gasteiger partial charge in [-0.15, -0.1) is 0 Å². The summed E-state index contributed by atoms with van der Waals surface area (Å²) in [5, 5.41) is 5.78. The SMILES string of the molecule is C[C@@H](NC(=O)COc1ccccc1C(=O)NCc1ccccc1)c1ccc(Br)cc1. The lowest BCUT2D eigenvalue weighted by Gasteiger charge is -2.16. The zero-order chi connectivity index (χ0) is 21.3. The lowest BCUT2D eigenvalue weighted by Crippen LogP contribution is -2.31. The van der Waals surface area contributed by atoms with Crippen LogP contribution in [0.5, 0.6) is 5.75 Å². The molecule has 0 aliphatic carbocycles. The molecule has 0 bridgehead atoms. The van der Waals surface area contributed by atoms with Gasteiger partial charge in [0.2, 0.25) is 0 Å². The van der Waals surface area contributed by atoms with Crippen LogP contribution in [0.3, 0.4) is 0 Å². The Balaban J connectivity index is 1.55. The Hall–Kier alpha value is -3.12. The van der Waals surface area contributed by atoms with Crippen molar-refractivity contribution in [3.63, 3.8) is 0 Å². The van der Waals surface area contributed by atoms with Crippen LogP contribution in [0.25, 0.3) is 0 Å². The maximum Gasteiger partial charge on any atom is 0.258 e. The van der Waals surface area contributed by atoms with Gasteiger partial charge in [0.1, 0.15) is 5.75 Å². The zero-order valence-electron chi connectivity index (χ0n) is 16.6. The second-order valence-corrected chi connectivity index (χ2v) is 7.71. The average Bonchev–Trinajstić information content (AvgIpc) is 2.77. The van der Waals surface area contributed by atoms with Crippen LogP contribution in [-0.4, -0.2) is 18.4 Å². The van der Waals surface area contributed by atoms with Gasteiger partial charge in [-0.25, -0.2) is 0 Å². The third-order valence-electron chi connectivity index (χ3n) is 4.53. The summed E-state index contributed by atoms with van der Waals surface area (Å²) in [4.78, 5) is 24.9. The molecule has 154 valence electrons. The van der Waals surface area contributed by atoms with Crippen LogP contribution in [0.2, 0.25) is 0 Å². The summed E-state index contributed by atoms with van der Waals surface area (Å²) in [5.41, 5.74) is 2.39. The summed E-state index contributed by atoms with van der Waals surface area (Å²) in [6.07, 6.45) is 0. The Morgan fingerprint density at radius 1 is 0.933 bits per heavy atom. The number of para-hydroxylation sites is 1. The van der Waals surface area contributed by atoms with Gasteiger partial charge in [0.05, 0.1) is 11.6 Å². The highest BCUT2D eigenvalue weighted by molar-refractivity contribution is 9.10. The van der Waals surface area contributed by atoms with E-state index < -0.39 is 0 Å². The molecular weight excluding hydrogens is 444 g/mol. The van der Waals surface area contributed by atoms with Gasteiger partial charge in [-0.05, 0) is 42.3 Å². The van der Waals surface area contributed by atoms with E-state index in [9.17, 15) is 9.59 Å². The quantitative estimate of drug-likeness (QED) is 0.508. The predicted octanol–water partition coefficient (Wildman–Crippen LogP) is 4.64. The third kappa shape index (κ3) is 6.19. The van der Waals surface area contributed by atoms with Gasteiger partial charge in [0.25, 0.3) is 11.8 Å². The van der Waals surface area contributed by atoms with Crippen LogP contribution >= 0.6 is 15.9 Å². The highest BCUT2D eigenvalue weighted by Gasteiger charge is 2.14. The summed E-state index contributed by atoms with van der Waals surface area (Å²) in [6, 6.07) is 24.2. The minimum absolute atomic E-state index is 0.154. The van der Waals surface area contributed by atoms with Gasteiger partial charge < -0.3 is 15.4 Å². The van der Waals surface area contributed by atoms with Crippen LogP contribution in [0.4, 0.5) is 0 Å². The number of amides is 2. The van der Waals surface area contributed by atoms with E-state index in [1.807, 2.05) is 61.5 Å². The number of benzene rings is 3. The van der Waals surface area contributed by atoms with E-state index in [-0.39, 0.29) is 24.5 Å². The number of carbonyl (C=O) groups is 2. The van der Waals surface area contributed by atoms with Crippen molar-refractivity contribution in [3.05, 3.63) is 100 Å². The summed E-state index contributed by atoms with van der Waals surface area (Å²) >= 11 is 3.40. The molecule has 3 aromatic rings. The summed E-state index contributed by atoms with van der Waals surface area (Å²) < 4.78 is 6.63. The molecule has 0 saturated heterocycles. The lowest BCUT2D eigenvalue weighted by molar-refractivity contribution is -0.123. The number of nitrogens with one attached hydrogen (secondary N) is 2. The molecule has 0 spiro atoms. The fraction of sp³-hybridized carbons (Fsp3) is 0.167. The van der Waals surface area contributed by atoms with E-state index in [0.29, 0.717) is 17.9 Å². The molecule has 0 aromatic heterocycles. The second kappa shape index (κ2) is 10.6. The highest BCUT2D eigenvalue weighted by Crippen LogP contribution is 2.19. The molecule has 1 atom stereocenters. The van der Waals surface area contributed by atoms with Crippen molar-refractivity contribution in [2.75, 3.05) is 6.61 Å². The molecule has 0 fully saturated rings. The van der Waals surface area contributed by atoms with Crippen molar-refractivity contribution in [2.45, 2.75) is 19.5 Å². The zero-order valence-corrected chi connectivity index (χ0v) is 18.2. The molecular formula is C24H23BrN2O3. The summed E-state index contributed by atoms with van der Waals surface area (Å²) in [7, 11) is 0. The molecule has 3 aromatic carbocycles. The van der Waals surface area contributed by atoms with Gasteiger partial charge in [-0.3, -0.25) is 9.59 Å². The maximum absolute atomic E-state index is 12.6. The molecule has 0 saturated carbocycles. The van der Waals surface area contributed by atoms with Crippen LogP contribution in [-0.2, 0) is 11.3 Å². The van der Waals surface area contributed by atoms with Crippen LogP contribution in [0.15, 0.2) is 83.3 Å². The van der Waals surface area contributed by atoms with Crippen molar-refractivity contribution in [3.8, 4) is 5.75 Å². The Morgan fingerprint density at radius 3 is 2.33 bits per heavy atom. The van der Waals surface area contributed by atoms with E-state index >= 15 is 0 Å². The van der Waals surface area contributed by atoms with Gasteiger partial charge in [-0.2, -0.15) is 0 Å². The molecule has 0 aliphatic heterocycles. The topological polar surface area (TPSA) is 67.4 Å². The van der Waals surface area contributed by atoms with E-state index in [0.717, 1.165) is 15.6 Å². The van der Waals surface area contributed by atoms with E-state index in [1.54, 1.807) is 24.3 Å². The number of hydrogen-bond donors (Lipinski definition) is 2. The first-order valence-corrected chi connectivity index (χ1v) is 10.4. The fourth-order valence-corrected chi connectivity index (χ4v) is 3.18. The van der Waals surface area contributed by atoms with Gasteiger partial charge in [0, 0.05) is 11.0 Å². The summed E-state index contributed by atoms with van der Waals surface area (Å²) in [5.74, 6) is -0.141. The third-order valence-corrected chi connectivity index (χ3v) is 5.06. The van der Waals surface area contributed by atoms with Crippen molar-refractivity contribution >= 4 is 27.7 Å². The lowest BCUT2D eigenvalue weighted by atomic mass is 10.1. The first kappa shape index (κ1) is 21.6. The van der Waals surface area contributed by atoms with Crippen LogP contribution in [0, 0.1) is 0 Å². The Bertz CT molecular complexity index is 991. The van der Waals surface area contributed by atoms with Gasteiger partial charge in [0.15, 0.2) is 6.61 Å². The molecule has 0 aliphatic rings. The Kier molecular flexibility index (Phi) is 7.63. The number of ether oxygens (including phenoxy) is 1. The second-order valence-electron chi connectivity index (χ2n) is 6.79. The van der Waals surface area contributed by atoms with E-state index in [2.05, 4.69) is 26.6 Å². The Morgan fingerprint density at radius 2 is 1.60 bits per heavy atom. The molecule has 2 N–H and O–H groups in total. The molecule has 30 heavy (non-hydrogen) atoms. The number of carbonyl (C=O) groups excluding carboxylic acids is 2. The average molecular weight is 467 g/mol. The van der Waals surface area contributed by atoms with Crippen LogP contribution < -0.4 is 15.4 Å². The molecule has 6 heteroatoms. The molecule has 0 unspecified atom stereocenters. The minimum atomic E-state index is -0.259. The first-order valence-electron chi connectivity index (χ1n) is 9.61. The normalized spacial score (nSPS) is 11.4. The van der Waals surface area contributed by atoms with Crippen molar-refractivity contribution in [1.29, 1.82) is 0 Å². The van der Waals surface area contributed by atoms with Gasteiger partial charge in [-0.1, -0.05) is 70.5 Å². The largest absolute Gasteiger partial charge is 0.483 e. The van der Waals surface area contributed by atoms with Crippen molar-refractivity contribution < 1.29 is 14.3 Å². The maximum atomic E-state index is 12.6. The highest BCUT2D eigenvalue weighted by atomic mass is 79.9. The van der Waals surface area contributed by atoms with Gasteiger partial charge >= 0.3 is 0 Å². The Labute approximate surface area is 184 Å². The monoisotopic (exact) mass is 466 g/mol. The molecule has 5 nitrogen and oxygen atoms in total. The predicted molar refractivity (Wildman–Crippen MR) is 120 cm³/mol. The summed E-state index contributed by atoms with van der Waals surface area (Å²) in [6.45, 7) is 2.15. The van der Waals surface area contributed by atoms with Crippen molar-refractivity contribution in [2.24, 2.45) is 0 Å². The molecule has 0 radical (unpaired) electrons. The first-order chi connectivity index (χ1) is 14.5. The molecule has 0 heterocycles. The number of halogens is 1. The molecule has 2 amide bonds. The van der Waals surface area contributed by atoms with E-state index in [4.69, 9.17) is 4.74 Å². The fourth-order valence-electron chi connectivity index (χ4n) is 2.91.